The normalized spacial score (nSPS) is 11.7. The van der Waals surface area contributed by atoms with Crippen molar-refractivity contribution in [3.8, 4) is 6.07 Å². The number of nitrogens with two attached hydrogens (primary N) is 1. The van der Waals surface area contributed by atoms with E-state index in [1.54, 1.807) is 6.92 Å². The highest BCUT2D eigenvalue weighted by atomic mass is 16.2. The number of amides is 2. The minimum absolute atomic E-state index is 0.0810. The summed E-state index contributed by atoms with van der Waals surface area (Å²) in [7, 11) is 0. The summed E-state index contributed by atoms with van der Waals surface area (Å²) in [5.74, 6) is 0. The molecule has 0 aliphatic rings. The Morgan fingerprint density at radius 3 is 2.64 bits per heavy atom. The maximum absolute atomic E-state index is 10.7. The van der Waals surface area contributed by atoms with E-state index in [0.29, 0.717) is 13.0 Å². The second kappa shape index (κ2) is 4.56. The Morgan fingerprint density at radius 2 is 2.36 bits per heavy atom. The molecule has 2 amide bonds. The van der Waals surface area contributed by atoms with Crippen LogP contribution in [0.15, 0.2) is 0 Å². The minimum Gasteiger partial charge on any atom is -0.351 e. The van der Waals surface area contributed by atoms with Crippen LogP contribution in [0.4, 0.5) is 4.79 Å². The maximum atomic E-state index is 10.7. The molecule has 0 aromatic carbocycles. The van der Waals surface area contributed by atoms with Gasteiger partial charge in [0.05, 0.1) is 12.5 Å². The van der Waals surface area contributed by atoms with Crippen molar-refractivity contribution < 1.29 is 4.79 Å². The molecule has 4 heteroatoms. The fourth-order valence-electron chi connectivity index (χ4n) is 0.927. The lowest BCUT2D eigenvalue weighted by Gasteiger charge is -2.23. The van der Waals surface area contributed by atoms with Crippen LogP contribution in [0.1, 0.15) is 20.3 Å². The van der Waals surface area contributed by atoms with Crippen molar-refractivity contribution in [1.29, 1.82) is 5.26 Å². The molecule has 0 rings (SSSR count). The number of nitrogens with zero attached hydrogens (tertiary/aromatic N) is 2. The van der Waals surface area contributed by atoms with Gasteiger partial charge >= 0.3 is 6.03 Å². The number of carbonyl (C=O) groups excluding carboxylic acids is 1. The van der Waals surface area contributed by atoms with Crippen molar-refractivity contribution in [2.75, 3.05) is 6.54 Å². The van der Waals surface area contributed by atoms with Crippen LogP contribution in [0.3, 0.4) is 0 Å². The molecule has 4 nitrogen and oxygen atoms in total. The van der Waals surface area contributed by atoms with Gasteiger partial charge in [-0.15, -0.1) is 0 Å². The summed E-state index contributed by atoms with van der Waals surface area (Å²) in [6, 6.07) is 1.44. The highest BCUT2D eigenvalue weighted by Gasteiger charge is 2.14. The van der Waals surface area contributed by atoms with Gasteiger partial charge in [-0.3, -0.25) is 0 Å². The van der Waals surface area contributed by atoms with Crippen molar-refractivity contribution in [3.05, 3.63) is 0 Å². The first kappa shape index (κ1) is 9.76. The lowest BCUT2D eigenvalue weighted by Crippen LogP contribution is -2.41. The summed E-state index contributed by atoms with van der Waals surface area (Å²) in [5, 5.41) is 8.33. The van der Waals surface area contributed by atoms with Crippen LogP contribution >= 0.6 is 0 Å². The van der Waals surface area contributed by atoms with E-state index in [9.17, 15) is 4.79 Å². The second-order valence-corrected chi connectivity index (χ2v) is 2.34. The van der Waals surface area contributed by atoms with Crippen LogP contribution in [-0.2, 0) is 0 Å². The molecule has 1 unspecified atom stereocenters. The van der Waals surface area contributed by atoms with Gasteiger partial charge in [-0.1, -0.05) is 0 Å². The Morgan fingerprint density at radius 1 is 1.82 bits per heavy atom. The molecule has 0 saturated heterocycles. The van der Waals surface area contributed by atoms with Crippen LogP contribution in [-0.4, -0.2) is 23.5 Å². The highest BCUT2D eigenvalue weighted by Crippen LogP contribution is 2.01. The van der Waals surface area contributed by atoms with Crippen LogP contribution < -0.4 is 5.73 Å². The molecule has 0 heterocycles. The lowest BCUT2D eigenvalue weighted by atomic mass is 10.2. The number of hydrogen-bond donors (Lipinski definition) is 1. The molecule has 0 aromatic rings. The average Bonchev–Trinajstić information content (AvgIpc) is 1.88. The van der Waals surface area contributed by atoms with E-state index in [1.807, 2.05) is 13.0 Å². The number of primary amides is 1. The molecule has 0 aliphatic heterocycles. The molecule has 1 atom stereocenters. The van der Waals surface area contributed by atoms with Gasteiger partial charge in [0.15, 0.2) is 0 Å². The third-order valence-corrected chi connectivity index (χ3v) is 1.54. The SMILES string of the molecule is CCN(C(N)=O)C(C)CC#N. The quantitative estimate of drug-likeness (QED) is 0.651. The van der Waals surface area contributed by atoms with Crippen molar-refractivity contribution in [2.45, 2.75) is 26.3 Å². The predicted octanol–water partition coefficient (Wildman–Crippen LogP) is 0.689. The Hall–Kier alpha value is -1.24. The molecule has 2 N–H and O–H groups in total. The summed E-state index contributed by atoms with van der Waals surface area (Å²) in [4.78, 5) is 12.1. The van der Waals surface area contributed by atoms with Gasteiger partial charge in [-0.25, -0.2) is 4.79 Å². The fraction of sp³-hybridized carbons (Fsp3) is 0.714. The van der Waals surface area contributed by atoms with E-state index in [4.69, 9.17) is 11.0 Å². The highest BCUT2D eigenvalue weighted by molar-refractivity contribution is 5.72. The topological polar surface area (TPSA) is 70.1 Å². The van der Waals surface area contributed by atoms with Gasteiger partial charge < -0.3 is 10.6 Å². The molecule has 0 saturated carbocycles. The molecular weight excluding hydrogens is 142 g/mol. The van der Waals surface area contributed by atoms with Crippen molar-refractivity contribution in [2.24, 2.45) is 5.73 Å². The molecule has 0 spiro atoms. The Kier molecular flexibility index (Phi) is 4.04. The number of rotatable bonds is 3. The number of nitriles is 1. The zero-order valence-electron chi connectivity index (χ0n) is 6.87. The average molecular weight is 155 g/mol. The summed E-state index contributed by atoms with van der Waals surface area (Å²) in [6.07, 6.45) is 0.330. The van der Waals surface area contributed by atoms with Crippen LogP contribution in [0.25, 0.3) is 0 Å². The second-order valence-electron chi connectivity index (χ2n) is 2.34. The molecule has 62 valence electrons. The van der Waals surface area contributed by atoms with E-state index in [2.05, 4.69) is 0 Å². The molecule has 11 heavy (non-hydrogen) atoms. The zero-order chi connectivity index (χ0) is 8.85. The van der Waals surface area contributed by atoms with Crippen LogP contribution in [0, 0.1) is 11.3 Å². The lowest BCUT2D eigenvalue weighted by molar-refractivity contribution is 0.193. The number of hydrogen-bond acceptors (Lipinski definition) is 2. The van der Waals surface area contributed by atoms with Crippen molar-refractivity contribution >= 4 is 6.03 Å². The Labute approximate surface area is 66.6 Å². The first-order valence-electron chi connectivity index (χ1n) is 3.56. The monoisotopic (exact) mass is 155 g/mol. The van der Waals surface area contributed by atoms with E-state index < -0.39 is 6.03 Å². The van der Waals surface area contributed by atoms with Crippen LogP contribution in [0.5, 0.6) is 0 Å². The van der Waals surface area contributed by atoms with E-state index in [1.165, 1.54) is 4.90 Å². The summed E-state index contributed by atoms with van der Waals surface area (Å²) in [6.45, 7) is 4.19. The molecular formula is C7H13N3O. The smallest absolute Gasteiger partial charge is 0.315 e. The fourth-order valence-corrected chi connectivity index (χ4v) is 0.927. The molecule has 0 aliphatic carbocycles. The standard InChI is InChI=1S/C7H13N3O/c1-3-10(7(9)11)6(2)4-5-8/h6H,3-4H2,1-2H3,(H2,9,11). The Balaban J connectivity index is 4.04. The van der Waals surface area contributed by atoms with Gasteiger partial charge in [0.2, 0.25) is 0 Å². The number of urea groups is 1. The maximum Gasteiger partial charge on any atom is 0.315 e. The van der Waals surface area contributed by atoms with Crippen molar-refractivity contribution in [3.63, 3.8) is 0 Å². The van der Waals surface area contributed by atoms with Crippen molar-refractivity contribution in [1.82, 2.24) is 4.90 Å². The first-order chi connectivity index (χ1) is 5.13. The molecule has 0 fully saturated rings. The van der Waals surface area contributed by atoms with E-state index in [0.717, 1.165) is 0 Å². The summed E-state index contributed by atoms with van der Waals surface area (Å²) in [5.41, 5.74) is 5.06. The molecule has 0 bridgehead atoms. The largest absolute Gasteiger partial charge is 0.351 e. The molecule has 0 radical (unpaired) electrons. The van der Waals surface area contributed by atoms with Gasteiger partial charge in [-0.2, -0.15) is 5.26 Å². The summed E-state index contributed by atoms with van der Waals surface area (Å²) >= 11 is 0. The first-order valence-corrected chi connectivity index (χ1v) is 3.56. The van der Waals surface area contributed by atoms with E-state index in [-0.39, 0.29) is 6.04 Å². The number of carbonyl (C=O) groups is 1. The zero-order valence-corrected chi connectivity index (χ0v) is 6.87. The third-order valence-electron chi connectivity index (χ3n) is 1.54. The van der Waals surface area contributed by atoms with Gasteiger partial charge in [-0.05, 0) is 13.8 Å². The van der Waals surface area contributed by atoms with E-state index >= 15 is 0 Å². The van der Waals surface area contributed by atoms with Gasteiger partial charge in [0.25, 0.3) is 0 Å². The Bertz CT molecular complexity index is 173. The molecule has 0 aromatic heterocycles. The van der Waals surface area contributed by atoms with Gasteiger partial charge in [0, 0.05) is 12.6 Å². The minimum atomic E-state index is -0.463. The summed E-state index contributed by atoms with van der Waals surface area (Å²) < 4.78 is 0. The predicted molar refractivity (Wildman–Crippen MR) is 41.7 cm³/mol. The third kappa shape index (κ3) is 2.89. The van der Waals surface area contributed by atoms with Crippen LogP contribution in [0.2, 0.25) is 0 Å². The van der Waals surface area contributed by atoms with Gasteiger partial charge in [0.1, 0.15) is 0 Å².